The molecule has 1 saturated carbocycles. The predicted molar refractivity (Wildman–Crippen MR) is 67.2 cm³/mol. The summed E-state index contributed by atoms with van der Waals surface area (Å²) in [6.45, 7) is 0. The number of primary amides is 1. The lowest BCUT2D eigenvalue weighted by atomic mass is 10.0. The van der Waals surface area contributed by atoms with E-state index in [1.54, 1.807) is 0 Å². The van der Waals surface area contributed by atoms with Gasteiger partial charge in [-0.05, 0) is 31.6 Å². The molecule has 3 N–H and O–H groups in total. The van der Waals surface area contributed by atoms with Crippen LogP contribution in [0.1, 0.15) is 51.4 Å². The summed E-state index contributed by atoms with van der Waals surface area (Å²) in [5.41, 5.74) is 5.24. The molecule has 0 heterocycles. The van der Waals surface area contributed by atoms with Crippen LogP contribution in [0.2, 0.25) is 0 Å². The first-order valence-corrected chi connectivity index (χ1v) is 6.59. The molecule has 100 valence electrons. The first-order chi connectivity index (χ1) is 8.63. The zero-order valence-electron chi connectivity index (χ0n) is 10.7. The second kappa shape index (κ2) is 7.70. The molecule has 0 aliphatic heterocycles. The zero-order chi connectivity index (χ0) is 13.4. The summed E-state index contributed by atoms with van der Waals surface area (Å²) in [6.07, 6.45) is 6.47. The third-order valence-electron chi connectivity index (χ3n) is 3.41. The van der Waals surface area contributed by atoms with Gasteiger partial charge in [0.15, 0.2) is 0 Å². The van der Waals surface area contributed by atoms with E-state index in [0.29, 0.717) is 31.6 Å². The molecular weight excluding hydrogens is 230 g/mol. The number of nitrogens with one attached hydrogen (secondary N) is 1. The largest absolute Gasteiger partial charge is 0.368 e. The second-order valence-electron chi connectivity index (χ2n) is 4.93. The van der Waals surface area contributed by atoms with Gasteiger partial charge in [-0.25, -0.2) is 0 Å². The molecule has 0 saturated heterocycles. The van der Waals surface area contributed by atoms with Crippen molar-refractivity contribution in [2.75, 3.05) is 0 Å². The van der Waals surface area contributed by atoms with E-state index in [-0.39, 0.29) is 5.91 Å². The summed E-state index contributed by atoms with van der Waals surface area (Å²) in [5.74, 6) is -0.159. The Balaban J connectivity index is 2.32. The number of amides is 2. The zero-order valence-corrected chi connectivity index (χ0v) is 10.7. The molecule has 1 atom stereocenters. The highest BCUT2D eigenvalue weighted by atomic mass is 16.2. The predicted octanol–water partition coefficient (Wildman–Crippen LogP) is 1.23. The Labute approximate surface area is 108 Å². The van der Waals surface area contributed by atoms with Gasteiger partial charge in [0, 0.05) is 12.8 Å². The number of hydrogen-bond donors (Lipinski definition) is 2. The summed E-state index contributed by atoms with van der Waals surface area (Å²) < 4.78 is 0. The summed E-state index contributed by atoms with van der Waals surface area (Å²) in [6, 6.07) is 1.38. The maximum absolute atomic E-state index is 11.8. The van der Waals surface area contributed by atoms with Crippen molar-refractivity contribution in [2.24, 2.45) is 11.7 Å². The number of nitrogens with zero attached hydrogens (tertiary/aromatic N) is 1. The van der Waals surface area contributed by atoms with Crippen LogP contribution in [-0.4, -0.2) is 17.9 Å². The lowest BCUT2D eigenvalue weighted by Gasteiger charge is -2.16. The average Bonchev–Trinajstić information content (AvgIpc) is 2.80. The third-order valence-corrected chi connectivity index (χ3v) is 3.41. The highest BCUT2D eigenvalue weighted by Gasteiger charge is 2.22. The first kappa shape index (κ1) is 14.5. The van der Waals surface area contributed by atoms with E-state index < -0.39 is 11.9 Å². The minimum absolute atomic E-state index is 0.0948. The van der Waals surface area contributed by atoms with Crippen molar-refractivity contribution < 1.29 is 9.59 Å². The van der Waals surface area contributed by atoms with Gasteiger partial charge < -0.3 is 11.1 Å². The average molecular weight is 251 g/mol. The van der Waals surface area contributed by atoms with E-state index in [4.69, 9.17) is 11.0 Å². The molecule has 0 aromatic rings. The van der Waals surface area contributed by atoms with Crippen molar-refractivity contribution >= 4 is 11.8 Å². The molecule has 1 fully saturated rings. The smallest absolute Gasteiger partial charge is 0.240 e. The fourth-order valence-corrected chi connectivity index (χ4v) is 2.40. The summed E-state index contributed by atoms with van der Waals surface area (Å²) in [5, 5.41) is 11.1. The highest BCUT2D eigenvalue weighted by Crippen LogP contribution is 2.27. The van der Waals surface area contributed by atoms with Gasteiger partial charge in [-0.2, -0.15) is 5.26 Å². The van der Waals surface area contributed by atoms with Crippen molar-refractivity contribution in [1.82, 2.24) is 5.32 Å². The van der Waals surface area contributed by atoms with Gasteiger partial charge in [-0.1, -0.05) is 12.8 Å². The number of nitriles is 1. The molecule has 0 aromatic heterocycles. The van der Waals surface area contributed by atoms with Crippen LogP contribution >= 0.6 is 0 Å². The van der Waals surface area contributed by atoms with E-state index in [1.807, 2.05) is 6.07 Å². The minimum Gasteiger partial charge on any atom is -0.368 e. The normalized spacial score (nSPS) is 17.1. The van der Waals surface area contributed by atoms with Crippen LogP contribution in [0.4, 0.5) is 0 Å². The van der Waals surface area contributed by atoms with Crippen molar-refractivity contribution in [3.8, 4) is 6.07 Å². The van der Waals surface area contributed by atoms with E-state index in [9.17, 15) is 9.59 Å². The maximum Gasteiger partial charge on any atom is 0.240 e. The van der Waals surface area contributed by atoms with Crippen LogP contribution < -0.4 is 11.1 Å². The van der Waals surface area contributed by atoms with Crippen LogP contribution in [-0.2, 0) is 9.59 Å². The Morgan fingerprint density at radius 3 is 2.61 bits per heavy atom. The SMILES string of the molecule is N#CCCC[C@@H](NC(=O)CC1CCCC1)C(N)=O. The number of nitrogens with two attached hydrogens (primary N) is 1. The molecule has 1 rings (SSSR count). The van der Waals surface area contributed by atoms with E-state index in [0.717, 1.165) is 12.8 Å². The lowest BCUT2D eigenvalue weighted by molar-refractivity contribution is -0.128. The van der Waals surface area contributed by atoms with Gasteiger partial charge in [0.1, 0.15) is 6.04 Å². The highest BCUT2D eigenvalue weighted by molar-refractivity contribution is 5.86. The molecule has 1 aliphatic carbocycles. The van der Waals surface area contributed by atoms with E-state index in [2.05, 4.69) is 5.32 Å². The van der Waals surface area contributed by atoms with Crippen molar-refractivity contribution in [3.05, 3.63) is 0 Å². The molecule has 0 aromatic carbocycles. The summed E-state index contributed by atoms with van der Waals surface area (Å²) in [4.78, 5) is 23.0. The standard InChI is InChI=1S/C13H21N3O2/c14-8-4-3-7-11(13(15)18)16-12(17)9-10-5-1-2-6-10/h10-11H,1-7,9H2,(H2,15,18)(H,16,17)/t11-/m1/s1. The molecule has 1 aliphatic rings. The molecular formula is C13H21N3O2. The quantitative estimate of drug-likeness (QED) is 0.666. The van der Waals surface area contributed by atoms with Crippen molar-refractivity contribution in [3.63, 3.8) is 0 Å². The number of rotatable bonds is 7. The minimum atomic E-state index is -0.632. The van der Waals surface area contributed by atoms with Gasteiger partial charge in [0.2, 0.25) is 11.8 Å². The van der Waals surface area contributed by atoms with Gasteiger partial charge in [-0.3, -0.25) is 9.59 Å². The van der Waals surface area contributed by atoms with Crippen LogP contribution in [0.25, 0.3) is 0 Å². The third kappa shape index (κ3) is 5.17. The molecule has 2 amide bonds. The molecule has 0 bridgehead atoms. The Morgan fingerprint density at radius 2 is 2.06 bits per heavy atom. The summed E-state index contributed by atoms with van der Waals surface area (Å²) >= 11 is 0. The Bertz CT molecular complexity index is 330. The van der Waals surface area contributed by atoms with E-state index >= 15 is 0 Å². The van der Waals surface area contributed by atoms with Crippen LogP contribution in [0.3, 0.4) is 0 Å². The van der Waals surface area contributed by atoms with Gasteiger partial charge in [-0.15, -0.1) is 0 Å². The molecule has 0 radical (unpaired) electrons. The second-order valence-corrected chi connectivity index (χ2v) is 4.93. The molecule has 0 spiro atoms. The fraction of sp³-hybridized carbons (Fsp3) is 0.769. The number of unbranched alkanes of at least 4 members (excludes halogenated alkanes) is 1. The first-order valence-electron chi connectivity index (χ1n) is 6.59. The molecule has 0 unspecified atom stereocenters. The Hall–Kier alpha value is -1.57. The van der Waals surface area contributed by atoms with Crippen LogP contribution in [0.15, 0.2) is 0 Å². The van der Waals surface area contributed by atoms with Crippen LogP contribution in [0.5, 0.6) is 0 Å². The molecule has 18 heavy (non-hydrogen) atoms. The Kier molecular flexibility index (Phi) is 6.20. The van der Waals surface area contributed by atoms with Gasteiger partial charge >= 0.3 is 0 Å². The monoisotopic (exact) mass is 251 g/mol. The number of carbonyl (C=O) groups is 2. The number of hydrogen-bond acceptors (Lipinski definition) is 3. The molecule has 5 heteroatoms. The van der Waals surface area contributed by atoms with Crippen LogP contribution in [0, 0.1) is 17.2 Å². The maximum atomic E-state index is 11.8. The topological polar surface area (TPSA) is 96.0 Å². The molecule has 5 nitrogen and oxygen atoms in total. The van der Waals surface area contributed by atoms with Gasteiger partial charge in [0.05, 0.1) is 6.07 Å². The summed E-state index contributed by atoms with van der Waals surface area (Å²) in [7, 11) is 0. The van der Waals surface area contributed by atoms with Gasteiger partial charge in [0.25, 0.3) is 0 Å². The van der Waals surface area contributed by atoms with Crippen molar-refractivity contribution in [2.45, 2.75) is 57.4 Å². The Morgan fingerprint density at radius 1 is 1.39 bits per heavy atom. The lowest BCUT2D eigenvalue weighted by Crippen LogP contribution is -2.44. The fourth-order valence-electron chi connectivity index (χ4n) is 2.40. The van der Waals surface area contributed by atoms with Crippen molar-refractivity contribution in [1.29, 1.82) is 5.26 Å². The number of carbonyl (C=O) groups excluding carboxylic acids is 2. The van der Waals surface area contributed by atoms with E-state index in [1.165, 1.54) is 12.8 Å².